The van der Waals surface area contributed by atoms with E-state index < -0.39 is 28.3 Å². The molecule has 114 valence electrons. The molecule has 0 saturated heterocycles. The van der Waals surface area contributed by atoms with E-state index in [-0.39, 0.29) is 25.1 Å². The quantitative estimate of drug-likeness (QED) is 0.453. The average molecular weight is 298 g/mol. The Morgan fingerprint density at radius 2 is 2.05 bits per heavy atom. The van der Waals surface area contributed by atoms with Crippen molar-refractivity contribution in [2.24, 2.45) is 0 Å². The van der Waals surface area contributed by atoms with E-state index >= 15 is 0 Å². The molecule has 21 heavy (non-hydrogen) atoms. The maximum Gasteiger partial charge on any atom is 0.307 e. The van der Waals surface area contributed by atoms with Crippen molar-refractivity contribution in [2.45, 2.75) is 13.3 Å². The number of nitro benzene ring substituents is 1. The Labute approximate surface area is 120 Å². The van der Waals surface area contributed by atoms with Crippen LogP contribution in [-0.4, -0.2) is 41.9 Å². The molecule has 8 heteroatoms. The van der Waals surface area contributed by atoms with Gasteiger partial charge in [-0.15, -0.1) is 0 Å². The Morgan fingerprint density at radius 1 is 1.38 bits per heavy atom. The lowest BCUT2D eigenvalue weighted by atomic mass is 10.1. The van der Waals surface area contributed by atoms with Crippen LogP contribution >= 0.6 is 0 Å². The minimum atomic E-state index is -0.864. The fraction of sp³-hybridized carbons (Fsp3) is 0.385. The molecular weight excluding hydrogens is 283 g/mol. The number of carbonyl (C=O) groups is 2. The summed E-state index contributed by atoms with van der Waals surface area (Å²) in [5.74, 6) is -1.92. The summed E-state index contributed by atoms with van der Waals surface area (Å²) in [4.78, 5) is 34.5. The van der Waals surface area contributed by atoms with E-state index in [1.807, 2.05) is 0 Å². The SMILES string of the molecule is CCN(CCC(=O)OC)C(=O)c1cc(F)cc([N+](=O)[O-])c1. The third-order valence-electron chi connectivity index (χ3n) is 2.82. The molecule has 0 heterocycles. The van der Waals surface area contributed by atoms with Crippen LogP contribution in [-0.2, 0) is 9.53 Å². The van der Waals surface area contributed by atoms with Gasteiger partial charge in [0.2, 0.25) is 0 Å². The number of methoxy groups -OCH3 is 1. The van der Waals surface area contributed by atoms with E-state index in [1.54, 1.807) is 6.92 Å². The van der Waals surface area contributed by atoms with Crippen molar-refractivity contribution in [2.75, 3.05) is 20.2 Å². The van der Waals surface area contributed by atoms with Gasteiger partial charge in [-0.05, 0) is 13.0 Å². The number of rotatable bonds is 6. The fourth-order valence-corrected chi connectivity index (χ4v) is 1.72. The molecule has 0 unspecified atom stereocenters. The van der Waals surface area contributed by atoms with Crippen LogP contribution in [0, 0.1) is 15.9 Å². The van der Waals surface area contributed by atoms with Crippen molar-refractivity contribution >= 4 is 17.6 Å². The number of nitro groups is 1. The number of hydrogen-bond acceptors (Lipinski definition) is 5. The van der Waals surface area contributed by atoms with Gasteiger partial charge in [-0.2, -0.15) is 0 Å². The van der Waals surface area contributed by atoms with Crippen LogP contribution in [0.2, 0.25) is 0 Å². The summed E-state index contributed by atoms with van der Waals surface area (Å²) in [5.41, 5.74) is -0.629. The monoisotopic (exact) mass is 298 g/mol. The van der Waals surface area contributed by atoms with Gasteiger partial charge < -0.3 is 9.64 Å². The van der Waals surface area contributed by atoms with E-state index in [4.69, 9.17) is 0 Å². The summed E-state index contributed by atoms with van der Waals surface area (Å²) in [6.45, 7) is 2.05. The van der Waals surface area contributed by atoms with Crippen LogP contribution in [0.3, 0.4) is 0 Å². The summed E-state index contributed by atoms with van der Waals surface area (Å²) in [6.07, 6.45) is -0.00646. The Hall–Kier alpha value is -2.51. The number of nitrogens with zero attached hydrogens (tertiary/aromatic N) is 2. The topological polar surface area (TPSA) is 89.8 Å². The zero-order valence-corrected chi connectivity index (χ0v) is 11.7. The van der Waals surface area contributed by atoms with Crippen LogP contribution < -0.4 is 0 Å². The molecule has 0 aliphatic rings. The molecule has 0 aliphatic heterocycles. The van der Waals surface area contributed by atoms with Crippen molar-refractivity contribution in [1.82, 2.24) is 4.90 Å². The summed E-state index contributed by atoms with van der Waals surface area (Å²) < 4.78 is 17.8. The Kier molecular flexibility index (Phi) is 5.77. The van der Waals surface area contributed by atoms with Crippen LogP contribution in [0.1, 0.15) is 23.7 Å². The highest BCUT2D eigenvalue weighted by Crippen LogP contribution is 2.18. The number of esters is 1. The van der Waals surface area contributed by atoms with Crippen molar-refractivity contribution in [3.8, 4) is 0 Å². The highest BCUT2D eigenvalue weighted by molar-refractivity contribution is 5.95. The Balaban J connectivity index is 2.94. The van der Waals surface area contributed by atoms with Crippen LogP contribution in [0.15, 0.2) is 18.2 Å². The van der Waals surface area contributed by atoms with Gasteiger partial charge in [0.15, 0.2) is 0 Å². The van der Waals surface area contributed by atoms with E-state index in [0.29, 0.717) is 0 Å². The summed E-state index contributed by atoms with van der Waals surface area (Å²) in [7, 11) is 1.23. The van der Waals surface area contributed by atoms with Gasteiger partial charge in [0.05, 0.1) is 24.5 Å². The van der Waals surface area contributed by atoms with Crippen LogP contribution in [0.4, 0.5) is 10.1 Å². The highest BCUT2D eigenvalue weighted by atomic mass is 19.1. The summed E-state index contributed by atoms with van der Waals surface area (Å²) in [6, 6.07) is 2.67. The van der Waals surface area contributed by atoms with E-state index in [2.05, 4.69) is 4.74 Å². The van der Waals surface area contributed by atoms with E-state index in [0.717, 1.165) is 18.2 Å². The number of hydrogen-bond donors (Lipinski definition) is 0. The maximum absolute atomic E-state index is 13.3. The Morgan fingerprint density at radius 3 is 2.57 bits per heavy atom. The Bertz CT molecular complexity index is 561. The highest BCUT2D eigenvalue weighted by Gasteiger charge is 2.19. The lowest BCUT2D eigenvalue weighted by molar-refractivity contribution is -0.385. The zero-order valence-electron chi connectivity index (χ0n) is 11.7. The van der Waals surface area contributed by atoms with Crippen molar-refractivity contribution < 1.29 is 23.6 Å². The first kappa shape index (κ1) is 16.5. The second kappa shape index (κ2) is 7.32. The number of carbonyl (C=O) groups excluding carboxylic acids is 2. The molecule has 1 aromatic carbocycles. The number of non-ortho nitro benzene ring substituents is 1. The number of benzene rings is 1. The smallest absolute Gasteiger partial charge is 0.307 e. The summed E-state index contributed by atoms with van der Waals surface area (Å²) >= 11 is 0. The van der Waals surface area contributed by atoms with Gasteiger partial charge in [-0.25, -0.2) is 4.39 Å². The largest absolute Gasteiger partial charge is 0.469 e. The predicted octanol–water partition coefficient (Wildman–Crippen LogP) is 1.76. The molecule has 1 amide bonds. The zero-order chi connectivity index (χ0) is 16.0. The first-order valence-corrected chi connectivity index (χ1v) is 6.20. The average Bonchev–Trinajstić information content (AvgIpc) is 2.46. The molecule has 1 rings (SSSR count). The van der Waals surface area contributed by atoms with Crippen molar-refractivity contribution in [1.29, 1.82) is 0 Å². The molecule has 0 fully saturated rings. The number of ether oxygens (including phenoxy) is 1. The lowest BCUT2D eigenvalue weighted by Gasteiger charge is -2.20. The molecule has 1 aromatic rings. The van der Waals surface area contributed by atoms with E-state index in [1.165, 1.54) is 12.0 Å². The molecule has 0 bridgehead atoms. The summed E-state index contributed by atoms with van der Waals surface area (Å²) in [5, 5.41) is 10.7. The first-order chi connectivity index (χ1) is 9.88. The minimum Gasteiger partial charge on any atom is -0.469 e. The first-order valence-electron chi connectivity index (χ1n) is 6.20. The fourth-order valence-electron chi connectivity index (χ4n) is 1.72. The molecule has 7 nitrogen and oxygen atoms in total. The van der Waals surface area contributed by atoms with Gasteiger partial charge in [0.1, 0.15) is 5.82 Å². The van der Waals surface area contributed by atoms with Gasteiger partial charge in [-0.1, -0.05) is 0 Å². The second-order valence-electron chi connectivity index (χ2n) is 4.17. The molecule has 0 spiro atoms. The van der Waals surface area contributed by atoms with Crippen molar-refractivity contribution in [3.63, 3.8) is 0 Å². The van der Waals surface area contributed by atoms with Crippen LogP contribution in [0.25, 0.3) is 0 Å². The third-order valence-corrected chi connectivity index (χ3v) is 2.82. The molecule has 0 atom stereocenters. The standard InChI is InChI=1S/C13H15FN2O5/c1-3-15(5-4-12(17)21-2)13(18)9-6-10(14)8-11(7-9)16(19)20/h6-8H,3-5H2,1-2H3. The van der Waals surface area contributed by atoms with E-state index in [9.17, 15) is 24.1 Å². The normalized spacial score (nSPS) is 10.0. The molecule has 0 aromatic heterocycles. The second-order valence-corrected chi connectivity index (χ2v) is 4.17. The van der Waals surface area contributed by atoms with Crippen molar-refractivity contribution in [3.05, 3.63) is 39.7 Å². The van der Waals surface area contributed by atoms with Gasteiger partial charge >= 0.3 is 5.97 Å². The number of halogens is 1. The minimum absolute atomic E-state index is 0.00646. The molecule has 0 saturated carbocycles. The van der Waals surface area contributed by atoms with Gasteiger partial charge in [0, 0.05) is 24.7 Å². The molecule has 0 N–H and O–H groups in total. The molecule has 0 aliphatic carbocycles. The lowest BCUT2D eigenvalue weighted by Crippen LogP contribution is -2.33. The van der Waals surface area contributed by atoms with Crippen LogP contribution in [0.5, 0.6) is 0 Å². The number of amides is 1. The van der Waals surface area contributed by atoms with Gasteiger partial charge in [-0.3, -0.25) is 19.7 Å². The molecular formula is C13H15FN2O5. The third kappa shape index (κ3) is 4.51. The maximum atomic E-state index is 13.3. The van der Waals surface area contributed by atoms with Gasteiger partial charge in [0.25, 0.3) is 11.6 Å². The molecule has 0 radical (unpaired) electrons. The predicted molar refractivity (Wildman–Crippen MR) is 71.3 cm³/mol.